The highest BCUT2D eigenvalue weighted by molar-refractivity contribution is 6.79. The Labute approximate surface area is 509 Å². The first-order valence-corrected chi connectivity index (χ1v) is 33.3. The van der Waals surface area contributed by atoms with E-state index in [1.54, 1.807) is 0 Å². The summed E-state index contributed by atoms with van der Waals surface area (Å²) in [4.78, 5) is 14.1. The fourth-order valence-corrected chi connectivity index (χ4v) is 15.3. The molecule has 9 rings (SSSR count). The summed E-state index contributed by atoms with van der Waals surface area (Å²) in [6.07, 6.45) is 1.29. The molecule has 0 unspecified atom stereocenters. The molecular weight excluding hydrogens is 1030 g/mol. The SMILES string of the molecule is CC(C)c1cccc(C(C)C)c1-c1cccc(-c2c(C(C)C)cccc2C(C)C)c1Cc1cc(C(C)(C)C)cc(Cc2c(-c3c(C(C)C)cccc3C(C)C)cccc2-c2c(C(C)C)cccc2C(C)C)c1[Si](O)c1ccc2ccccc2c1. The topological polar surface area (TPSA) is 20.2 Å². The lowest BCUT2D eigenvalue weighted by Gasteiger charge is -2.30. The maximum atomic E-state index is 14.1. The summed E-state index contributed by atoms with van der Waals surface area (Å²) in [5, 5.41) is 4.44. The zero-order valence-corrected chi connectivity index (χ0v) is 55.6. The van der Waals surface area contributed by atoms with E-state index in [1.165, 1.54) is 122 Å². The summed E-state index contributed by atoms with van der Waals surface area (Å²) >= 11 is 0. The summed E-state index contributed by atoms with van der Waals surface area (Å²) in [5.41, 5.74) is 27.8. The van der Waals surface area contributed by atoms with Gasteiger partial charge in [0.15, 0.2) is 0 Å². The van der Waals surface area contributed by atoms with Gasteiger partial charge in [0.25, 0.3) is 9.04 Å². The number of hydrogen-bond acceptors (Lipinski definition) is 1. The largest absolute Gasteiger partial charge is 0.424 e. The van der Waals surface area contributed by atoms with E-state index >= 15 is 0 Å². The lowest BCUT2D eigenvalue weighted by molar-refractivity contribution is 0.587. The van der Waals surface area contributed by atoms with E-state index in [2.05, 4.69) is 295 Å². The minimum Gasteiger partial charge on any atom is -0.424 e. The second kappa shape index (κ2) is 25.6. The van der Waals surface area contributed by atoms with Crippen LogP contribution in [0.2, 0.25) is 0 Å². The van der Waals surface area contributed by atoms with Crippen LogP contribution in [0.3, 0.4) is 0 Å². The summed E-state index contributed by atoms with van der Waals surface area (Å²) in [6.45, 7) is 44.9. The fraction of sp³-hybridized carbons (Fsp3) is 0.366. The van der Waals surface area contributed by atoms with Crippen LogP contribution in [0.5, 0.6) is 0 Å². The third-order valence-electron chi connectivity index (χ3n) is 18.1. The normalized spacial score (nSPS) is 12.4. The fourth-order valence-electron chi connectivity index (χ4n) is 13.6. The molecule has 0 saturated carbocycles. The summed E-state index contributed by atoms with van der Waals surface area (Å²) in [5.74, 6) is 2.44. The van der Waals surface area contributed by atoms with Crippen molar-refractivity contribution in [2.75, 3.05) is 0 Å². The molecular formula is C82H97OSi. The van der Waals surface area contributed by atoms with E-state index in [0.29, 0.717) is 60.2 Å². The molecule has 0 spiro atoms. The van der Waals surface area contributed by atoms with E-state index in [4.69, 9.17) is 0 Å². The zero-order valence-electron chi connectivity index (χ0n) is 54.6. The van der Waals surface area contributed by atoms with Crippen LogP contribution < -0.4 is 10.4 Å². The number of rotatable bonds is 18. The minimum atomic E-state index is -2.47. The van der Waals surface area contributed by atoms with E-state index in [1.807, 2.05) is 0 Å². The van der Waals surface area contributed by atoms with Gasteiger partial charge in [-0.3, -0.25) is 0 Å². The highest BCUT2D eigenvalue weighted by Gasteiger charge is 2.32. The molecule has 1 radical (unpaired) electrons. The Bertz CT molecular complexity index is 3340. The molecule has 435 valence electrons. The lowest BCUT2D eigenvalue weighted by atomic mass is 9.76. The van der Waals surface area contributed by atoms with Crippen LogP contribution in [0.15, 0.2) is 164 Å². The standard InChI is InChI=1S/C82H97OSi/c1-49(2)63-30-22-31-64(50(3)4)77(63)71-38-26-39-72(78-65(51(5)6)32-23-33-66(78)52(7)8)75(71)47-59-44-61(82(17,18)19)45-60(81(59)84(83)62-43-42-57-28-20-21-29-58(57)46-62)48-76-73(79-67(53(9)10)34-24-35-68(79)54(11)12)40-27-41-74(76)80-69(55(13)14)36-25-37-70(80)56(15)16/h20-46,49-56,83H,47-48H2,1-19H3. The van der Waals surface area contributed by atoms with Crippen molar-refractivity contribution in [1.29, 1.82) is 0 Å². The maximum Gasteiger partial charge on any atom is 0.280 e. The number of fused-ring (bicyclic) bond motifs is 1. The van der Waals surface area contributed by atoms with Gasteiger partial charge in [-0.05, 0) is 204 Å². The van der Waals surface area contributed by atoms with Crippen molar-refractivity contribution in [3.05, 3.63) is 236 Å². The quantitative estimate of drug-likeness (QED) is 0.0849. The molecule has 0 fully saturated rings. The van der Waals surface area contributed by atoms with E-state index in [0.717, 1.165) is 15.8 Å². The van der Waals surface area contributed by atoms with Gasteiger partial charge in [-0.1, -0.05) is 295 Å². The third-order valence-corrected chi connectivity index (χ3v) is 20.1. The molecule has 0 bridgehead atoms. The molecule has 9 aromatic rings. The molecule has 0 amide bonds. The van der Waals surface area contributed by atoms with Crippen molar-refractivity contribution in [1.82, 2.24) is 0 Å². The average molecular weight is 1130 g/mol. The Balaban J connectivity index is 1.48. The second-order valence-electron chi connectivity index (χ2n) is 27.8. The molecule has 0 aliphatic rings. The summed E-state index contributed by atoms with van der Waals surface area (Å²) in [6, 6.07) is 63.0. The first kappa shape index (κ1) is 62.0. The average Bonchev–Trinajstić information content (AvgIpc) is 2.51. The van der Waals surface area contributed by atoms with E-state index in [-0.39, 0.29) is 5.41 Å². The highest BCUT2D eigenvalue weighted by Crippen LogP contribution is 2.48. The van der Waals surface area contributed by atoms with Gasteiger partial charge in [-0.2, -0.15) is 0 Å². The summed E-state index contributed by atoms with van der Waals surface area (Å²) < 4.78 is 0. The van der Waals surface area contributed by atoms with Crippen molar-refractivity contribution >= 4 is 30.2 Å². The van der Waals surface area contributed by atoms with Crippen molar-refractivity contribution in [2.24, 2.45) is 0 Å². The molecule has 84 heavy (non-hydrogen) atoms. The Hall–Kier alpha value is -6.58. The van der Waals surface area contributed by atoms with Gasteiger partial charge >= 0.3 is 0 Å². The van der Waals surface area contributed by atoms with Crippen LogP contribution in [0, 0.1) is 0 Å². The van der Waals surface area contributed by atoms with Gasteiger partial charge in [0.2, 0.25) is 0 Å². The smallest absolute Gasteiger partial charge is 0.280 e. The minimum absolute atomic E-state index is 0.216. The van der Waals surface area contributed by atoms with Crippen molar-refractivity contribution in [3.63, 3.8) is 0 Å². The van der Waals surface area contributed by atoms with Crippen LogP contribution in [-0.2, 0) is 18.3 Å². The maximum absolute atomic E-state index is 14.1. The Morgan fingerprint density at radius 2 is 0.595 bits per heavy atom. The molecule has 2 heteroatoms. The van der Waals surface area contributed by atoms with Crippen LogP contribution in [0.1, 0.15) is 251 Å². The first-order valence-electron chi connectivity index (χ1n) is 31.9. The molecule has 1 N–H and O–H groups in total. The van der Waals surface area contributed by atoms with Crippen LogP contribution in [0.25, 0.3) is 55.3 Å². The number of hydrogen-bond donors (Lipinski definition) is 1. The first-order chi connectivity index (χ1) is 39.9. The molecule has 0 aliphatic carbocycles. The van der Waals surface area contributed by atoms with Crippen LogP contribution >= 0.6 is 0 Å². The molecule has 0 aliphatic heterocycles. The molecule has 0 atom stereocenters. The van der Waals surface area contributed by atoms with Gasteiger partial charge < -0.3 is 4.80 Å². The van der Waals surface area contributed by atoms with Crippen molar-refractivity contribution in [3.8, 4) is 44.5 Å². The van der Waals surface area contributed by atoms with Gasteiger partial charge in [0.1, 0.15) is 0 Å². The van der Waals surface area contributed by atoms with E-state index in [9.17, 15) is 4.80 Å². The van der Waals surface area contributed by atoms with E-state index < -0.39 is 9.04 Å². The molecule has 0 aromatic heterocycles. The van der Waals surface area contributed by atoms with Crippen LogP contribution in [0.4, 0.5) is 0 Å². The van der Waals surface area contributed by atoms with Gasteiger partial charge in [0, 0.05) is 0 Å². The Morgan fingerprint density at radius 1 is 0.321 bits per heavy atom. The predicted molar refractivity (Wildman–Crippen MR) is 369 cm³/mol. The third kappa shape index (κ3) is 12.4. The molecule has 1 nitrogen and oxygen atoms in total. The molecule has 0 heterocycles. The highest BCUT2D eigenvalue weighted by atomic mass is 28.3. The van der Waals surface area contributed by atoms with Crippen molar-refractivity contribution in [2.45, 2.75) is 197 Å². The van der Waals surface area contributed by atoms with Crippen LogP contribution in [-0.4, -0.2) is 13.8 Å². The predicted octanol–water partition coefficient (Wildman–Crippen LogP) is 22.1. The van der Waals surface area contributed by atoms with Gasteiger partial charge in [-0.15, -0.1) is 0 Å². The number of benzene rings is 9. The van der Waals surface area contributed by atoms with Crippen molar-refractivity contribution < 1.29 is 4.80 Å². The lowest BCUT2D eigenvalue weighted by Crippen LogP contribution is -2.46. The molecule has 0 saturated heterocycles. The monoisotopic (exact) mass is 1130 g/mol. The molecule has 9 aromatic carbocycles. The van der Waals surface area contributed by atoms with Gasteiger partial charge in [-0.25, -0.2) is 0 Å². The zero-order chi connectivity index (χ0) is 60.6. The van der Waals surface area contributed by atoms with Gasteiger partial charge in [0.05, 0.1) is 0 Å². The Morgan fingerprint density at radius 3 is 0.869 bits per heavy atom. The second-order valence-corrected chi connectivity index (χ2v) is 29.6. The summed E-state index contributed by atoms with van der Waals surface area (Å²) in [7, 11) is -2.47. The Kier molecular flexibility index (Phi) is 18.8.